The lowest BCUT2D eigenvalue weighted by molar-refractivity contribution is -0.257. The van der Waals surface area contributed by atoms with Crippen molar-refractivity contribution < 1.29 is 62.0 Å². The fourth-order valence-corrected chi connectivity index (χ4v) is 5.38. The Morgan fingerprint density at radius 1 is 0.717 bits per heavy atom. The molecular formula is C37H47N3O13. The summed E-state index contributed by atoms with van der Waals surface area (Å²) in [5, 5.41) is 5.42. The van der Waals surface area contributed by atoms with Crippen LogP contribution >= 0.6 is 0 Å². The summed E-state index contributed by atoms with van der Waals surface area (Å²) < 4.78 is 33.0. The molecule has 16 heteroatoms. The van der Waals surface area contributed by atoms with Crippen LogP contribution in [-0.4, -0.2) is 95.5 Å². The molecule has 2 aromatic rings. The number of esters is 5. The van der Waals surface area contributed by atoms with Crippen molar-refractivity contribution in [2.75, 3.05) is 6.61 Å². The van der Waals surface area contributed by atoms with Crippen LogP contribution in [0.25, 0.3) is 0 Å². The minimum atomic E-state index is -1.66. The molecular weight excluding hydrogens is 694 g/mol. The van der Waals surface area contributed by atoms with Crippen molar-refractivity contribution >= 4 is 41.8 Å². The van der Waals surface area contributed by atoms with Gasteiger partial charge in [-0.2, -0.15) is 0 Å². The number of amides is 3. The van der Waals surface area contributed by atoms with Crippen molar-refractivity contribution in [3.63, 3.8) is 0 Å². The third-order valence-electron chi connectivity index (χ3n) is 7.50. The third kappa shape index (κ3) is 13.9. The van der Waals surface area contributed by atoms with Gasteiger partial charge in [0, 0.05) is 39.8 Å². The van der Waals surface area contributed by atoms with E-state index in [2.05, 4.69) is 10.6 Å². The van der Waals surface area contributed by atoms with Crippen molar-refractivity contribution in [2.24, 2.45) is 0 Å². The molecule has 1 heterocycles. The zero-order valence-corrected chi connectivity index (χ0v) is 30.8. The van der Waals surface area contributed by atoms with Crippen LogP contribution in [0.2, 0.25) is 0 Å². The monoisotopic (exact) mass is 741 g/mol. The fourth-order valence-electron chi connectivity index (χ4n) is 5.38. The smallest absolute Gasteiger partial charge is 0.318 e. The average molecular weight is 742 g/mol. The Morgan fingerprint density at radius 3 is 1.77 bits per heavy atom. The van der Waals surface area contributed by atoms with Crippen molar-refractivity contribution in [3.05, 3.63) is 71.8 Å². The van der Waals surface area contributed by atoms with Gasteiger partial charge in [0.1, 0.15) is 25.4 Å². The van der Waals surface area contributed by atoms with Gasteiger partial charge in [0.2, 0.25) is 5.91 Å². The van der Waals surface area contributed by atoms with Crippen LogP contribution in [0.3, 0.4) is 0 Å². The number of carbonyl (C=O) groups is 7. The number of urea groups is 1. The third-order valence-corrected chi connectivity index (χ3v) is 7.50. The van der Waals surface area contributed by atoms with Gasteiger partial charge in [-0.3, -0.25) is 28.8 Å². The first-order valence-corrected chi connectivity index (χ1v) is 16.9. The molecule has 0 aliphatic carbocycles. The molecule has 1 aliphatic heterocycles. The predicted molar refractivity (Wildman–Crippen MR) is 185 cm³/mol. The Bertz CT molecular complexity index is 1600. The van der Waals surface area contributed by atoms with Gasteiger partial charge < -0.3 is 44.0 Å². The highest BCUT2D eigenvalue weighted by Crippen LogP contribution is 2.29. The highest BCUT2D eigenvalue weighted by atomic mass is 16.7. The van der Waals surface area contributed by atoms with E-state index in [0.29, 0.717) is 11.1 Å². The van der Waals surface area contributed by atoms with Gasteiger partial charge in [-0.05, 0) is 31.9 Å². The summed E-state index contributed by atoms with van der Waals surface area (Å²) in [6.07, 6.45) is -8.31. The second-order valence-electron chi connectivity index (χ2n) is 13.3. The van der Waals surface area contributed by atoms with E-state index in [1.165, 1.54) is 0 Å². The standard InChI is InChI=1S/C37H47N3O13/c1-22(41)48-21-29-31(50-23(2)42)32(51-24(3)43)33(52-25(4)44)35(53-29)38-34(46)28(18-30(45)49-20-27-16-12-9-13-17-27)40(36(47)39-37(5,6)7)19-26-14-10-8-11-15-26/h8-17,28-29,31-33,35H,18-21H2,1-7H3,(H,38,46)(H,39,47)/t28?,29-,31-,32+,33-,35-/m1/s1. The Labute approximate surface area is 307 Å². The first kappa shape index (κ1) is 41.9. The predicted octanol–water partition coefficient (Wildman–Crippen LogP) is 2.70. The van der Waals surface area contributed by atoms with Crippen LogP contribution in [0, 0.1) is 0 Å². The molecule has 0 aromatic heterocycles. The van der Waals surface area contributed by atoms with Gasteiger partial charge in [0.25, 0.3) is 0 Å². The first-order chi connectivity index (χ1) is 24.9. The van der Waals surface area contributed by atoms with E-state index in [1.807, 2.05) is 0 Å². The SMILES string of the molecule is CC(=O)OC[C@H]1O[C@@H](NC(=O)C(CC(=O)OCc2ccccc2)N(Cc2ccccc2)C(=O)NC(C)(C)C)[C@H](OC(C)=O)[C@@H](OC(C)=O)[C@@H]1OC(C)=O. The van der Waals surface area contributed by atoms with Crippen LogP contribution in [0.1, 0.15) is 66.0 Å². The van der Waals surface area contributed by atoms with Crippen LogP contribution in [-0.2, 0) is 70.3 Å². The number of hydrogen-bond acceptors (Lipinski definition) is 13. The van der Waals surface area contributed by atoms with Gasteiger partial charge in [-0.15, -0.1) is 0 Å². The number of nitrogens with one attached hydrogen (secondary N) is 2. The lowest BCUT2D eigenvalue weighted by Crippen LogP contribution is -2.67. The number of nitrogens with zero attached hydrogens (tertiary/aromatic N) is 1. The fraction of sp³-hybridized carbons (Fsp3) is 0.486. The molecule has 6 atom stereocenters. The molecule has 16 nitrogen and oxygen atoms in total. The average Bonchev–Trinajstić information content (AvgIpc) is 3.06. The zero-order valence-electron chi connectivity index (χ0n) is 30.8. The van der Waals surface area contributed by atoms with E-state index in [4.69, 9.17) is 28.4 Å². The summed E-state index contributed by atoms with van der Waals surface area (Å²) in [5.74, 6) is -5.08. The van der Waals surface area contributed by atoms with Crippen LogP contribution < -0.4 is 10.6 Å². The number of rotatable bonds is 14. The molecule has 0 bridgehead atoms. The Kier molecular flexibility index (Phi) is 15.3. The summed E-state index contributed by atoms with van der Waals surface area (Å²) in [6, 6.07) is 15.3. The van der Waals surface area contributed by atoms with Crippen molar-refractivity contribution in [2.45, 2.75) is 110 Å². The second kappa shape index (κ2) is 19.4. The molecule has 0 radical (unpaired) electrons. The minimum Gasteiger partial charge on any atom is -0.463 e. The maximum Gasteiger partial charge on any atom is 0.318 e. The quantitative estimate of drug-likeness (QED) is 0.212. The number of hydrogen-bond donors (Lipinski definition) is 2. The Balaban J connectivity index is 2.08. The first-order valence-electron chi connectivity index (χ1n) is 16.9. The van der Waals surface area contributed by atoms with Gasteiger partial charge in [0.15, 0.2) is 24.5 Å². The molecule has 1 aliphatic rings. The summed E-state index contributed by atoms with van der Waals surface area (Å²) in [6.45, 7) is 8.77. The highest BCUT2D eigenvalue weighted by Gasteiger charge is 2.53. The highest BCUT2D eigenvalue weighted by molar-refractivity contribution is 5.91. The van der Waals surface area contributed by atoms with Crippen LogP contribution in [0.5, 0.6) is 0 Å². The summed E-state index contributed by atoms with van der Waals surface area (Å²) in [7, 11) is 0. The molecule has 3 rings (SSSR count). The van der Waals surface area contributed by atoms with E-state index in [9.17, 15) is 33.6 Å². The Morgan fingerprint density at radius 2 is 1.25 bits per heavy atom. The van der Waals surface area contributed by atoms with Gasteiger partial charge in [0.05, 0.1) is 6.42 Å². The lowest BCUT2D eigenvalue weighted by atomic mass is 9.96. The molecule has 2 aromatic carbocycles. The number of ether oxygens (including phenoxy) is 6. The molecule has 0 spiro atoms. The van der Waals surface area contributed by atoms with Crippen LogP contribution in [0.15, 0.2) is 60.7 Å². The number of carbonyl (C=O) groups excluding carboxylic acids is 7. The van der Waals surface area contributed by atoms with E-state index >= 15 is 0 Å². The summed E-state index contributed by atoms with van der Waals surface area (Å²) >= 11 is 0. The summed E-state index contributed by atoms with van der Waals surface area (Å²) in [4.78, 5) is 91.5. The van der Waals surface area contributed by atoms with Gasteiger partial charge >= 0.3 is 35.9 Å². The second-order valence-corrected chi connectivity index (χ2v) is 13.3. The number of benzene rings is 2. The topological polar surface area (TPSA) is 202 Å². The molecule has 288 valence electrons. The van der Waals surface area contributed by atoms with E-state index in [1.54, 1.807) is 81.4 Å². The van der Waals surface area contributed by atoms with Crippen LogP contribution in [0.4, 0.5) is 4.79 Å². The molecule has 53 heavy (non-hydrogen) atoms. The Hall–Kier alpha value is -5.51. The molecule has 1 fully saturated rings. The largest absolute Gasteiger partial charge is 0.463 e. The molecule has 3 amide bonds. The van der Waals surface area contributed by atoms with Crippen molar-refractivity contribution in [1.29, 1.82) is 0 Å². The molecule has 0 saturated carbocycles. The van der Waals surface area contributed by atoms with Gasteiger partial charge in [-0.1, -0.05) is 60.7 Å². The van der Waals surface area contributed by atoms with Crippen molar-refractivity contribution in [3.8, 4) is 0 Å². The van der Waals surface area contributed by atoms with Gasteiger partial charge in [-0.25, -0.2) is 4.79 Å². The van der Waals surface area contributed by atoms with E-state index in [-0.39, 0.29) is 13.2 Å². The maximum absolute atomic E-state index is 14.5. The lowest BCUT2D eigenvalue weighted by Gasteiger charge is -2.45. The summed E-state index contributed by atoms with van der Waals surface area (Å²) in [5.41, 5.74) is 0.547. The van der Waals surface area contributed by atoms with E-state index in [0.717, 1.165) is 32.6 Å². The van der Waals surface area contributed by atoms with Crippen molar-refractivity contribution in [1.82, 2.24) is 15.5 Å². The molecule has 1 saturated heterocycles. The maximum atomic E-state index is 14.5. The minimum absolute atomic E-state index is 0.111. The van der Waals surface area contributed by atoms with E-state index < -0.39 is 97.0 Å². The zero-order chi connectivity index (χ0) is 39.3. The molecule has 1 unspecified atom stereocenters. The molecule has 2 N–H and O–H groups in total. The normalized spacial score (nSPS) is 20.1.